The monoisotopic (exact) mass is 375 g/mol. The highest BCUT2D eigenvalue weighted by Crippen LogP contribution is 2.17. The zero-order chi connectivity index (χ0) is 18.3. The van der Waals surface area contributed by atoms with Crippen LogP contribution in [0, 0.1) is 0 Å². The summed E-state index contributed by atoms with van der Waals surface area (Å²) in [5, 5.41) is 5.77. The number of halogens is 1. The lowest BCUT2D eigenvalue weighted by Gasteiger charge is -2.22. The van der Waals surface area contributed by atoms with Gasteiger partial charge in [0.1, 0.15) is 0 Å². The number of rotatable bonds is 7. The summed E-state index contributed by atoms with van der Waals surface area (Å²) >= 11 is 0. The average Bonchev–Trinajstić information content (AvgIpc) is 2.60. The van der Waals surface area contributed by atoms with Gasteiger partial charge in [0.25, 0.3) is 5.91 Å². The van der Waals surface area contributed by atoms with Crippen molar-refractivity contribution in [2.24, 2.45) is 5.73 Å². The first-order chi connectivity index (χ1) is 11.8. The maximum absolute atomic E-state index is 12.5. The molecule has 0 saturated heterocycles. The molecule has 0 aliphatic heterocycles. The Morgan fingerprint density at radius 1 is 1.00 bits per heavy atom. The molecular formula is C20H26ClN3O2. The highest BCUT2D eigenvalue weighted by molar-refractivity contribution is 5.94. The summed E-state index contributed by atoms with van der Waals surface area (Å²) in [6, 6.07) is 18.0. The van der Waals surface area contributed by atoms with Crippen LogP contribution in [0.4, 0.5) is 0 Å². The number of nitrogens with two attached hydrogens (primary N) is 1. The van der Waals surface area contributed by atoms with Crippen LogP contribution in [0.25, 0.3) is 0 Å². The van der Waals surface area contributed by atoms with E-state index in [0.29, 0.717) is 12.1 Å². The van der Waals surface area contributed by atoms with Crippen molar-refractivity contribution in [3.63, 3.8) is 0 Å². The SMILES string of the molecule is CC(C)(N)CNC(=O)CC(NC(=O)c1ccccc1)c1ccccc1.Cl. The Kier molecular flexibility index (Phi) is 8.29. The molecular weight excluding hydrogens is 350 g/mol. The molecule has 0 aromatic heterocycles. The highest BCUT2D eigenvalue weighted by atomic mass is 35.5. The van der Waals surface area contributed by atoms with Crippen LogP contribution in [-0.4, -0.2) is 23.9 Å². The Bertz CT molecular complexity index is 700. The maximum Gasteiger partial charge on any atom is 0.251 e. The van der Waals surface area contributed by atoms with Gasteiger partial charge >= 0.3 is 0 Å². The molecule has 0 saturated carbocycles. The van der Waals surface area contributed by atoms with Gasteiger partial charge in [0.15, 0.2) is 0 Å². The predicted molar refractivity (Wildman–Crippen MR) is 106 cm³/mol. The fraction of sp³-hybridized carbons (Fsp3) is 0.300. The van der Waals surface area contributed by atoms with E-state index in [9.17, 15) is 9.59 Å². The predicted octanol–water partition coefficient (Wildman–Crippen LogP) is 2.82. The van der Waals surface area contributed by atoms with Gasteiger partial charge in [-0.1, -0.05) is 48.5 Å². The Labute approximate surface area is 160 Å². The molecule has 2 rings (SSSR count). The van der Waals surface area contributed by atoms with Crippen LogP contribution in [0.15, 0.2) is 60.7 Å². The largest absolute Gasteiger partial charge is 0.354 e. The summed E-state index contributed by atoms with van der Waals surface area (Å²) < 4.78 is 0. The van der Waals surface area contributed by atoms with Gasteiger partial charge in [0, 0.05) is 17.6 Å². The maximum atomic E-state index is 12.5. The molecule has 5 nitrogen and oxygen atoms in total. The lowest BCUT2D eigenvalue weighted by atomic mass is 10.0. The first-order valence-electron chi connectivity index (χ1n) is 8.31. The quantitative estimate of drug-likeness (QED) is 0.695. The second kappa shape index (κ2) is 9.94. The van der Waals surface area contributed by atoms with Crippen LogP contribution < -0.4 is 16.4 Å². The summed E-state index contributed by atoms with van der Waals surface area (Å²) in [5.74, 6) is -0.359. The van der Waals surface area contributed by atoms with Gasteiger partial charge in [-0.25, -0.2) is 0 Å². The Morgan fingerprint density at radius 3 is 2.08 bits per heavy atom. The fourth-order valence-corrected chi connectivity index (χ4v) is 2.35. The van der Waals surface area contributed by atoms with E-state index >= 15 is 0 Å². The molecule has 0 radical (unpaired) electrons. The molecule has 0 fully saturated rings. The van der Waals surface area contributed by atoms with Crippen LogP contribution in [0.1, 0.15) is 42.2 Å². The number of hydrogen-bond acceptors (Lipinski definition) is 3. The minimum absolute atomic E-state index is 0. The normalized spacial score (nSPS) is 11.8. The third-order valence-electron chi connectivity index (χ3n) is 3.67. The van der Waals surface area contributed by atoms with Crippen molar-refractivity contribution in [1.29, 1.82) is 0 Å². The molecule has 6 heteroatoms. The number of hydrogen-bond donors (Lipinski definition) is 3. The van der Waals surface area contributed by atoms with Gasteiger partial charge in [0.2, 0.25) is 5.91 Å². The lowest BCUT2D eigenvalue weighted by molar-refractivity contribution is -0.121. The summed E-state index contributed by atoms with van der Waals surface area (Å²) in [6.07, 6.45) is 0.151. The Balaban J connectivity index is 0.00000338. The van der Waals surface area contributed by atoms with Gasteiger partial charge in [-0.3, -0.25) is 9.59 Å². The number of nitrogens with one attached hydrogen (secondary N) is 2. The van der Waals surface area contributed by atoms with Crippen molar-refractivity contribution in [1.82, 2.24) is 10.6 Å². The Morgan fingerprint density at radius 2 is 1.54 bits per heavy atom. The molecule has 140 valence electrons. The molecule has 1 atom stereocenters. The second-order valence-corrected chi connectivity index (χ2v) is 6.77. The van der Waals surface area contributed by atoms with Crippen molar-refractivity contribution < 1.29 is 9.59 Å². The zero-order valence-corrected chi connectivity index (χ0v) is 15.9. The van der Waals surface area contributed by atoms with E-state index in [4.69, 9.17) is 5.73 Å². The van der Waals surface area contributed by atoms with Gasteiger partial charge in [-0.05, 0) is 31.5 Å². The summed E-state index contributed by atoms with van der Waals surface area (Å²) in [5.41, 5.74) is 6.86. The number of carbonyl (C=O) groups is 2. The van der Waals surface area contributed by atoms with E-state index < -0.39 is 11.6 Å². The highest BCUT2D eigenvalue weighted by Gasteiger charge is 2.20. The van der Waals surface area contributed by atoms with Crippen molar-refractivity contribution in [2.45, 2.75) is 31.8 Å². The standard InChI is InChI=1S/C20H25N3O2.ClH/c1-20(2,21)14-22-18(24)13-17(15-9-5-3-6-10-15)23-19(25)16-11-7-4-8-12-16;/h3-12,17H,13-14,21H2,1-2H3,(H,22,24)(H,23,25);1H. The molecule has 2 aromatic rings. The lowest BCUT2D eigenvalue weighted by Crippen LogP contribution is -2.45. The van der Waals surface area contributed by atoms with Crippen LogP contribution in [0.5, 0.6) is 0 Å². The van der Waals surface area contributed by atoms with Crippen molar-refractivity contribution in [2.75, 3.05) is 6.54 Å². The Hall–Kier alpha value is -2.37. The first-order valence-corrected chi connectivity index (χ1v) is 8.31. The third-order valence-corrected chi connectivity index (χ3v) is 3.67. The van der Waals surface area contributed by atoms with Crippen molar-refractivity contribution in [3.8, 4) is 0 Å². The molecule has 26 heavy (non-hydrogen) atoms. The van der Waals surface area contributed by atoms with Crippen LogP contribution in [0.2, 0.25) is 0 Å². The van der Waals surface area contributed by atoms with E-state index in [0.717, 1.165) is 5.56 Å². The van der Waals surface area contributed by atoms with E-state index in [1.807, 2.05) is 62.4 Å². The summed E-state index contributed by atoms with van der Waals surface area (Å²) in [4.78, 5) is 24.7. The van der Waals surface area contributed by atoms with Gasteiger partial charge < -0.3 is 16.4 Å². The molecule has 2 amide bonds. The molecule has 0 spiro atoms. The number of benzene rings is 2. The second-order valence-electron chi connectivity index (χ2n) is 6.77. The minimum atomic E-state index is -0.481. The topological polar surface area (TPSA) is 84.2 Å². The van der Waals surface area contributed by atoms with Gasteiger partial charge in [-0.15, -0.1) is 12.4 Å². The van der Waals surface area contributed by atoms with Crippen LogP contribution >= 0.6 is 12.4 Å². The summed E-state index contributed by atoms with van der Waals surface area (Å²) in [7, 11) is 0. The number of carbonyl (C=O) groups excluding carboxylic acids is 2. The minimum Gasteiger partial charge on any atom is -0.354 e. The van der Waals surface area contributed by atoms with Gasteiger partial charge in [-0.2, -0.15) is 0 Å². The smallest absolute Gasteiger partial charge is 0.251 e. The molecule has 2 aromatic carbocycles. The van der Waals surface area contributed by atoms with Crippen molar-refractivity contribution in [3.05, 3.63) is 71.8 Å². The molecule has 0 heterocycles. The molecule has 0 aliphatic carbocycles. The molecule has 0 aliphatic rings. The van der Waals surface area contributed by atoms with E-state index in [2.05, 4.69) is 10.6 Å². The van der Waals surface area contributed by atoms with E-state index in [-0.39, 0.29) is 30.6 Å². The van der Waals surface area contributed by atoms with Gasteiger partial charge in [0.05, 0.1) is 12.5 Å². The van der Waals surface area contributed by atoms with E-state index in [1.54, 1.807) is 12.1 Å². The number of amides is 2. The zero-order valence-electron chi connectivity index (χ0n) is 15.1. The molecule has 0 bridgehead atoms. The van der Waals surface area contributed by atoms with E-state index in [1.165, 1.54) is 0 Å². The molecule has 4 N–H and O–H groups in total. The molecule has 1 unspecified atom stereocenters. The summed E-state index contributed by atoms with van der Waals surface area (Å²) in [6.45, 7) is 4.07. The third kappa shape index (κ3) is 7.25. The van der Waals surface area contributed by atoms with Crippen LogP contribution in [0.3, 0.4) is 0 Å². The van der Waals surface area contributed by atoms with Crippen LogP contribution in [-0.2, 0) is 4.79 Å². The van der Waals surface area contributed by atoms with Crippen molar-refractivity contribution >= 4 is 24.2 Å². The first kappa shape index (κ1) is 21.7. The fourth-order valence-electron chi connectivity index (χ4n) is 2.35. The average molecular weight is 376 g/mol.